The van der Waals surface area contributed by atoms with E-state index in [1.165, 1.54) is 0 Å². The van der Waals surface area contributed by atoms with E-state index < -0.39 is 3.74 Å². The first kappa shape index (κ1) is 11.5. The fourth-order valence-electron chi connectivity index (χ4n) is 1.17. The molecule has 1 rings (SSSR count). The molecule has 0 bridgehead atoms. The molecule has 0 unspecified atom stereocenters. The smallest absolute Gasteiger partial charge is 0.331 e. The van der Waals surface area contributed by atoms with Gasteiger partial charge in [0.05, 0.1) is 0 Å². The number of carbonyl (C=O) groups excluding carboxylic acids is 1. The highest BCUT2D eigenvalue weighted by molar-refractivity contribution is 9.25. The van der Waals surface area contributed by atoms with Gasteiger partial charge in [-0.05, 0) is 13.8 Å². The lowest BCUT2D eigenvalue weighted by molar-refractivity contribution is -0.160. The van der Waals surface area contributed by atoms with Crippen LogP contribution in [0.1, 0.15) is 13.8 Å². The van der Waals surface area contributed by atoms with Gasteiger partial charge in [-0.15, -0.1) is 0 Å². The average Bonchev–Trinajstić information content (AvgIpc) is 1.79. The van der Waals surface area contributed by atoms with Gasteiger partial charge >= 0.3 is 5.97 Å². The first-order valence-corrected chi connectivity index (χ1v) is 5.98. The topological polar surface area (TPSA) is 38.3 Å². The van der Waals surface area contributed by atoms with E-state index >= 15 is 0 Å². The van der Waals surface area contributed by atoms with Crippen LogP contribution in [-0.4, -0.2) is 28.4 Å². The Labute approximate surface area is 94.8 Å². The molecule has 0 spiro atoms. The van der Waals surface area contributed by atoms with Crippen LogP contribution in [0.4, 0.5) is 0 Å². The van der Waals surface area contributed by atoms with Crippen molar-refractivity contribution in [1.29, 1.82) is 0 Å². The van der Waals surface area contributed by atoms with Crippen molar-refractivity contribution in [1.82, 2.24) is 5.32 Å². The van der Waals surface area contributed by atoms with Crippen molar-refractivity contribution in [2.45, 2.75) is 23.2 Å². The summed E-state index contributed by atoms with van der Waals surface area (Å²) in [6, 6.07) is 0. The van der Waals surface area contributed by atoms with E-state index in [1.807, 2.05) is 13.8 Å². The number of esters is 1. The molecule has 1 aliphatic heterocycles. The van der Waals surface area contributed by atoms with Crippen molar-refractivity contribution in [2.24, 2.45) is 5.92 Å². The summed E-state index contributed by atoms with van der Waals surface area (Å²) in [5.41, 5.74) is -0.373. The van der Waals surface area contributed by atoms with Crippen molar-refractivity contribution < 1.29 is 9.53 Å². The molecule has 1 heterocycles. The Morgan fingerprint density at radius 3 is 2.38 bits per heavy atom. The van der Waals surface area contributed by atoms with Crippen molar-refractivity contribution in [3.05, 3.63) is 0 Å². The quantitative estimate of drug-likeness (QED) is 0.636. The maximum atomic E-state index is 11.3. The third kappa shape index (κ3) is 2.92. The van der Waals surface area contributed by atoms with Gasteiger partial charge in [0.2, 0.25) is 0 Å². The number of rotatable bonds is 3. The molecular weight excluding hydrogens is 302 g/mol. The fraction of sp³-hybridized carbons (Fsp3) is 0.875. The minimum Gasteiger partial charge on any atom is -0.458 e. The van der Waals surface area contributed by atoms with Gasteiger partial charge in [-0.25, -0.2) is 4.79 Å². The standard InChI is InChI=1S/C8H13Br2NO2/c1-8(2,5-3-11-4-5)13-7(12)6(9)10/h5-6,11H,3-4H2,1-2H3. The minimum atomic E-state index is -0.410. The Morgan fingerprint density at radius 1 is 1.54 bits per heavy atom. The van der Waals surface area contributed by atoms with E-state index in [0.29, 0.717) is 5.92 Å². The lowest BCUT2D eigenvalue weighted by Gasteiger charge is -2.40. The molecule has 0 saturated carbocycles. The Balaban J connectivity index is 2.45. The van der Waals surface area contributed by atoms with Crippen LogP contribution in [-0.2, 0) is 9.53 Å². The number of hydrogen-bond acceptors (Lipinski definition) is 3. The zero-order valence-electron chi connectivity index (χ0n) is 7.64. The maximum absolute atomic E-state index is 11.3. The fourth-order valence-corrected chi connectivity index (χ4v) is 1.35. The highest BCUT2D eigenvalue weighted by atomic mass is 79.9. The zero-order valence-corrected chi connectivity index (χ0v) is 10.8. The molecule has 1 fully saturated rings. The predicted octanol–water partition coefficient (Wildman–Crippen LogP) is 1.64. The Morgan fingerprint density at radius 2 is 2.08 bits per heavy atom. The van der Waals surface area contributed by atoms with Crippen LogP contribution >= 0.6 is 31.9 Å². The SMILES string of the molecule is CC(C)(OC(=O)C(Br)Br)C1CNC1. The van der Waals surface area contributed by atoms with E-state index in [2.05, 4.69) is 37.2 Å². The molecular formula is C8H13Br2NO2. The average molecular weight is 315 g/mol. The molecule has 0 aromatic heterocycles. The summed E-state index contributed by atoms with van der Waals surface area (Å²) >= 11 is 6.22. The van der Waals surface area contributed by atoms with Crippen LogP contribution in [0, 0.1) is 5.92 Å². The van der Waals surface area contributed by atoms with Gasteiger partial charge in [-0.3, -0.25) is 0 Å². The van der Waals surface area contributed by atoms with Crippen LogP contribution in [0.15, 0.2) is 0 Å². The van der Waals surface area contributed by atoms with Crippen molar-refractivity contribution in [3.63, 3.8) is 0 Å². The third-order valence-electron chi connectivity index (χ3n) is 2.31. The molecule has 0 radical (unpaired) electrons. The molecule has 76 valence electrons. The van der Waals surface area contributed by atoms with Gasteiger partial charge in [-0.1, -0.05) is 31.9 Å². The lowest BCUT2D eigenvalue weighted by atomic mass is 9.86. The maximum Gasteiger partial charge on any atom is 0.331 e. The summed E-state index contributed by atoms with van der Waals surface area (Å²) in [5.74, 6) is 0.159. The molecule has 13 heavy (non-hydrogen) atoms. The second kappa shape index (κ2) is 4.28. The summed E-state index contributed by atoms with van der Waals surface area (Å²) in [6.07, 6.45) is 0. The van der Waals surface area contributed by atoms with Crippen molar-refractivity contribution >= 4 is 37.8 Å². The Hall–Kier alpha value is 0.390. The molecule has 5 heteroatoms. The number of nitrogens with one attached hydrogen (secondary N) is 1. The highest BCUT2D eigenvalue weighted by Crippen LogP contribution is 2.26. The summed E-state index contributed by atoms with van der Waals surface area (Å²) in [5, 5.41) is 3.16. The van der Waals surface area contributed by atoms with Gasteiger partial charge in [-0.2, -0.15) is 0 Å². The molecule has 1 aliphatic rings. The van der Waals surface area contributed by atoms with E-state index in [1.54, 1.807) is 0 Å². The van der Waals surface area contributed by atoms with Crippen LogP contribution in [0.2, 0.25) is 0 Å². The van der Waals surface area contributed by atoms with Crippen LogP contribution in [0.25, 0.3) is 0 Å². The Bertz CT molecular complexity index is 202. The summed E-state index contributed by atoms with van der Waals surface area (Å²) in [7, 11) is 0. The molecule has 1 N–H and O–H groups in total. The first-order valence-electron chi connectivity index (χ1n) is 4.15. The van der Waals surface area contributed by atoms with Gasteiger partial charge in [0.15, 0.2) is 3.74 Å². The van der Waals surface area contributed by atoms with Crippen molar-refractivity contribution in [3.8, 4) is 0 Å². The zero-order chi connectivity index (χ0) is 10.1. The molecule has 0 aliphatic carbocycles. The third-order valence-corrected chi connectivity index (χ3v) is 3.05. The molecule has 0 aromatic rings. The van der Waals surface area contributed by atoms with Gasteiger partial charge in [0.1, 0.15) is 5.60 Å². The molecule has 1 saturated heterocycles. The molecule has 0 amide bonds. The summed E-state index contributed by atoms with van der Waals surface area (Å²) < 4.78 is 4.92. The van der Waals surface area contributed by atoms with Crippen LogP contribution in [0.3, 0.4) is 0 Å². The van der Waals surface area contributed by atoms with E-state index in [0.717, 1.165) is 13.1 Å². The van der Waals surface area contributed by atoms with E-state index in [9.17, 15) is 4.79 Å². The first-order chi connectivity index (χ1) is 5.93. The van der Waals surface area contributed by atoms with Gasteiger partial charge < -0.3 is 10.1 Å². The van der Waals surface area contributed by atoms with Gasteiger partial charge in [0.25, 0.3) is 0 Å². The van der Waals surface area contributed by atoms with E-state index in [4.69, 9.17) is 4.74 Å². The number of halogens is 2. The summed E-state index contributed by atoms with van der Waals surface area (Å²) in [4.78, 5) is 11.3. The van der Waals surface area contributed by atoms with Crippen molar-refractivity contribution in [2.75, 3.05) is 13.1 Å². The molecule has 0 aromatic carbocycles. The highest BCUT2D eigenvalue weighted by Gasteiger charge is 2.37. The monoisotopic (exact) mass is 313 g/mol. The normalized spacial score (nSPS) is 18.5. The second-order valence-electron chi connectivity index (χ2n) is 3.68. The number of alkyl halides is 2. The number of carbonyl (C=O) groups is 1. The Kier molecular flexibility index (Phi) is 3.77. The number of ether oxygens (including phenoxy) is 1. The molecule has 0 atom stereocenters. The number of hydrogen-bond donors (Lipinski definition) is 1. The lowest BCUT2D eigenvalue weighted by Crippen LogP contribution is -2.55. The molecule has 3 nitrogen and oxygen atoms in total. The van der Waals surface area contributed by atoms with Gasteiger partial charge in [0, 0.05) is 19.0 Å². The largest absolute Gasteiger partial charge is 0.458 e. The second-order valence-corrected chi connectivity index (χ2v) is 6.74. The summed E-state index contributed by atoms with van der Waals surface area (Å²) in [6.45, 7) is 5.74. The minimum absolute atomic E-state index is 0.267. The van der Waals surface area contributed by atoms with E-state index in [-0.39, 0.29) is 11.6 Å². The predicted molar refractivity (Wildman–Crippen MR) is 58.2 cm³/mol. The van der Waals surface area contributed by atoms with Crippen LogP contribution in [0.5, 0.6) is 0 Å². The van der Waals surface area contributed by atoms with Crippen LogP contribution < -0.4 is 5.32 Å².